The van der Waals surface area contributed by atoms with Crippen molar-refractivity contribution in [3.63, 3.8) is 0 Å². The maximum Gasteiger partial charge on any atom is 0.132 e. The number of H-pyrrole nitrogens is 1. The molecule has 0 aliphatic carbocycles. The van der Waals surface area contributed by atoms with Crippen molar-refractivity contribution in [1.29, 1.82) is 0 Å². The zero-order chi connectivity index (χ0) is 20.1. The van der Waals surface area contributed by atoms with E-state index in [1.807, 2.05) is 54.7 Å². The number of nitrogens with zero attached hydrogens (tertiary/aromatic N) is 2. The van der Waals surface area contributed by atoms with Crippen LogP contribution in [0.15, 0.2) is 79.1 Å². The topological polar surface area (TPSA) is 79.6 Å². The van der Waals surface area contributed by atoms with E-state index in [-0.39, 0.29) is 11.9 Å². The number of aromatic amines is 1. The second kappa shape index (κ2) is 8.77. The molecule has 1 atom stereocenters. The number of hydrogen-bond acceptors (Lipinski definition) is 4. The molecule has 6 heteroatoms. The summed E-state index contributed by atoms with van der Waals surface area (Å²) in [6.45, 7) is 1.09. The van der Waals surface area contributed by atoms with E-state index in [1.165, 1.54) is 6.07 Å². The van der Waals surface area contributed by atoms with Gasteiger partial charge in [-0.1, -0.05) is 48.5 Å². The SMILES string of the molecule is NCCNC(c1ccc(-c2ccccc2)nc1)c1cn[nH]c1-c1ccccc1F. The molecule has 0 bridgehead atoms. The summed E-state index contributed by atoms with van der Waals surface area (Å²) in [5.41, 5.74) is 10.6. The molecule has 0 radical (unpaired) electrons. The first-order valence-electron chi connectivity index (χ1n) is 9.51. The van der Waals surface area contributed by atoms with E-state index in [1.54, 1.807) is 18.3 Å². The molecule has 29 heavy (non-hydrogen) atoms. The van der Waals surface area contributed by atoms with Gasteiger partial charge in [-0.25, -0.2) is 4.39 Å². The molecule has 2 heterocycles. The molecule has 0 amide bonds. The lowest BCUT2D eigenvalue weighted by Crippen LogP contribution is -2.28. The van der Waals surface area contributed by atoms with Crippen molar-refractivity contribution in [2.24, 2.45) is 5.73 Å². The number of rotatable bonds is 7. The largest absolute Gasteiger partial charge is 0.329 e. The fourth-order valence-corrected chi connectivity index (χ4v) is 3.38. The number of hydrogen-bond donors (Lipinski definition) is 3. The highest BCUT2D eigenvalue weighted by molar-refractivity contribution is 5.65. The molecule has 0 saturated heterocycles. The van der Waals surface area contributed by atoms with Gasteiger partial charge in [0, 0.05) is 36.0 Å². The van der Waals surface area contributed by atoms with Gasteiger partial charge in [0.2, 0.25) is 0 Å². The Kier molecular flexibility index (Phi) is 5.74. The number of nitrogens with one attached hydrogen (secondary N) is 2. The molecule has 0 fully saturated rings. The number of aromatic nitrogens is 3. The number of benzene rings is 2. The van der Waals surface area contributed by atoms with Crippen LogP contribution in [-0.2, 0) is 0 Å². The third kappa shape index (κ3) is 4.08. The molecule has 4 N–H and O–H groups in total. The maximum absolute atomic E-state index is 14.4. The van der Waals surface area contributed by atoms with Crippen molar-refractivity contribution in [2.75, 3.05) is 13.1 Å². The van der Waals surface area contributed by atoms with Crippen LogP contribution in [0.3, 0.4) is 0 Å². The van der Waals surface area contributed by atoms with E-state index in [2.05, 4.69) is 20.5 Å². The van der Waals surface area contributed by atoms with Crippen LogP contribution in [0.2, 0.25) is 0 Å². The molecule has 1 unspecified atom stereocenters. The molecular formula is C23H22FN5. The average molecular weight is 387 g/mol. The zero-order valence-corrected chi connectivity index (χ0v) is 15.8. The van der Waals surface area contributed by atoms with Gasteiger partial charge in [0.15, 0.2) is 0 Å². The Morgan fingerprint density at radius 3 is 2.48 bits per heavy atom. The van der Waals surface area contributed by atoms with E-state index >= 15 is 0 Å². The van der Waals surface area contributed by atoms with E-state index in [4.69, 9.17) is 5.73 Å². The predicted molar refractivity (Wildman–Crippen MR) is 113 cm³/mol. The molecule has 2 aromatic carbocycles. The summed E-state index contributed by atoms with van der Waals surface area (Å²) < 4.78 is 14.4. The van der Waals surface area contributed by atoms with Crippen molar-refractivity contribution in [1.82, 2.24) is 20.5 Å². The Bertz CT molecular complexity index is 1060. The van der Waals surface area contributed by atoms with E-state index in [0.29, 0.717) is 24.3 Å². The van der Waals surface area contributed by atoms with E-state index in [9.17, 15) is 4.39 Å². The van der Waals surface area contributed by atoms with Gasteiger partial charge < -0.3 is 11.1 Å². The molecule has 4 rings (SSSR count). The summed E-state index contributed by atoms with van der Waals surface area (Å²) in [6.07, 6.45) is 3.57. The van der Waals surface area contributed by atoms with Crippen LogP contribution in [0, 0.1) is 5.82 Å². The van der Waals surface area contributed by atoms with Crippen LogP contribution in [0.25, 0.3) is 22.5 Å². The van der Waals surface area contributed by atoms with Gasteiger partial charge in [-0.05, 0) is 23.8 Å². The highest BCUT2D eigenvalue weighted by atomic mass is 19.1. The normalized spacial score (nSPS) is 12.1. The Labute approximate surface area is 168 Å². The van der Waals surface area contributed by atoms with Crippen molar-refractivity contribution >= 4 is 0 Å². The summed E-state index contributed by atoms with van der Waals surface area (Å²) in [5, 5.41) is 10.6. The average Bonchev–Trinajstić information content (AvgIpc) is 3.25. The van der Waals surface area contributed by atoms with Crippen molar-refractivity contribution in [2.45, 2.75) is 6.04 Å². The Morgan fingerprint density at radius 2 is 1.76 bits per heavy atom. The second-order valence-corrected chi connectivity index (χ2v) is 6.70. The van der Waals surface area contributed by atoms with Crippen molar-refractivity contribution < 1.29 is 4.39 Å². The summed E-state index contributed by atoms with van der Waals surface area (Å²) in [7, 11) is 0. The van der Waals surface area contributed by atoms with Crippen LogP contribution >= 0.6 is 0 Å². The van der Waals surface area contributed by atoms with Crippen LogP contribution in [-0.4, -0.2) is 28.3 Å². The molecule has 2 aromatic heterocycles. The Balaban J connectivity index is 1.71. The highest BCUT2D eigenvalue weighted by Crippen LogP contribution is 2.32. The Morgan fingerprint density at radius 1 is 0.966 bits per heavy atom. The lowest BCUT2D eigenvalue weighted by Gasteiger charge is -2.19. The molecule has 0 saturated carbocycles. The molecule has 5 nitrogen and oxygen atoms in total. The summed E-state index contributed by atoms with van der Waals surface area (Å²) in [5.74, 6) is -0.298. The zero-order valence-electron chi connectivity index (χ0n) is 15.8. The predicted octanol–water partition coefficient (Wildman–Crippen LogP) is 3.92. The number of nitrogens with two attached hydrogens (primary N) is 1. The quantitative estimate of drug-likeness (QED) is 0.449. The van der Waals surface area contributed by atoms with E-state index in [0.717, 1.165) is 22.4 Å². The minimum absolute atomic E-state index is 0.218. The first-order valence-corrected chi connectivity index (χ1v) is 9.51. The lowest BCUT2D eigenvalue weighted by molar-refractivity contribution is 0.609. The van der Waals surface area contributed by atoms with Gasteiger partial charge in [0.05, 0.1) is 23.6 Å². The lowest BCUT2D eigenvalue weighted by atomic mass is 9.96. The van der Waals surface area contributed by atoms with Gasteiger partial charge in [-0.2, -0.15) is 5.10 Å². The van der Waals surface area contributed by atoms with Gasteiger partial charge in [-0.15, -0.1) is 0 Å². The van der Waals surface area contributed by atoms with Crippen LogP contribution in [0.5, 0.6) is 0 Å². The van der Waals surface area contributed by atoms with E-state index < -0.39 is 0 Å². The molecular weight excluding hydrogens is 365 g/mol. The number of pyridine rings is 1. The van der Waals surface area contributed by atoms with Gasteiger partial charge in [0.25, 0.3) is 0 Å². The fourth-order valence-electron chi connectivity index (χ4n) is 3.38. The minimum Gasteiger partial charge on any atom is -0.329 e. The third-order valence-electron chi connectivity index (χ3n) is 4.80. The highest BCUT2D eigenvalue weighted by Gasteiger charge is 2.21. The standard InChI is InChI=1S/C23H22FN5/c24-20-9-5-4-8-18(20)23-19(15-28-29-23)22(26-13-12-25)17-10-11-21(27-14-17)16-6-2-1-3-7-16/h1-11,14-15,22,26H,12-13,25H2,(H,28,29). The molecule has 0 spiro atoms. The van der Waals surface area contributed by atoms with Crippen molar-refractivity contribution in [3.05, 3.63) is 96.1 Å². The van der Waals surface area contributed by atoms with Gasteiger partial charge >= 0.3 is 0 Å². The second-order valence-electron chi connectivity index (χ2n) is 6.70. The summed E-state index contributed by atoms with van der Waals surface area (Å²) in [4.78, 5) is 4.63. The number of halogens is 1. The molecule has 4 aromatic rings. The first-order chi connectivity index (χ1) is 14.3. The monoisotopic (exact) mass is 387 g/mol. The fraction of sp³-hybridized carbons (Fsp3) is 0.130. The third-order valence-corrected chi connectivity index (χ3v) is 4.80. The van der Waals surface area contributed by atoms with Crippen LogP contribution in [0.1, 0.15) is 17.2 Å². The smallest absolute Gasteiger partial charge is 0.132 e. The minimum atomic E-state index is -0.298. The first kappa shape index (κ1) is 19.0. The molecule has 0 aliphatic rings. The van der Waals surface area contributed by atoms with Crippen molar-refractivity contribution in [3.8, 4) is 22.5 Å². The van der Waals surface area contributed by atoms with Gasteiger partial charge in [0.1, 0.15) is 5.82 Å². The van der Waals surface area contributed by atoms with Gasteiger partial charge in [-0.3, -0.25) is 10.1 Å². The summed E-state index contributed by atoms with van der Waals surface area (Å²) in [6, 6.07) is 20.5. The summed E-state index contributed by atoms with van der Waals surface area (Å²) >= 11 is 0. The van der Waals surface area contributed by atoms with Crippen LogP contribution in [0.4, 0.5) is 4.39 Å². The van der Waals surface area contributed by atoms with Crippen LogP contribution < -0.4 is 11.1 Å². The molecule has 146 valence electrons. The molecule has 0 aliphatic heterocycles. The maximum atomic E-state index is 14.4. The Hall–Kier alpha value is -3.35.